The lowest BCUT2D eigenvalue weighted by Crippen LogP contribution is -2.45. The second kappa shape index (κ2) is 12.5. The lowest BCUT2D eigenvalue weighted by molar-refractivity contribution is -0.166. The van der Waals surface area contributed by atoms with Crippen molar-refractivity contribution >= 4 is 17.4 Å². The molecule has 0 radical (unpaired) electrons. The maximum atomic E-state index is 13.4. The minimum atomic E-state index is -0.954. The van der Waals surface area contributed by atoms with E-state index in [2.05, 4.69) is 48.2 Å². The number of benzene rings is 1. The van der Waals surface area contributed by atoms with Gasteiger partial charge in [0.15, 0.2) is 11.8 Å². The Hall–Kier alpha value is -3.27. The third-order valence-electron chi connectivity index (χ3n) is 7.77. The Morgan fingerprint density at radius 1 is 1.12 bits per heavy atom. The van der Waals surface area contributed by atoms with Crippen molar-refractivity contribution in [2.24, 2.45) is 0 Å². The number of hydrogen-bond donors (Lipinski definition) is 0. The number of aryl methyl sites for hydroxylation is 1. The van der Waals surface area contributed by atoms with Crippen LogP contribution in [-0.2, 0) is 43.4 Å². The van der Waals surface area contributed by atoms with Gasteiger partial charge in [-0.25, -0.2) is 9.78 Å². The fourth-order valence-electron chi connectivity index (χ4n) is 5.63. The van der Waals surface area contributed by atoms with E-state index in [1.165, 1.54) is 5.56 Å². The van der Waals surface area contributed by atoms with Gasteiger partial charge in [-0.3, -0.25) is 0 Å². The number of carbonyl (C=O) groups excluding carboxylic acids is 1. The topological polar surface area (TPSA) is 87.4 Å². The van der Waals surface area contributed by atoms with E-state index in [0.717, 1.165) is 49.4 Å². The van der Waals surface area contributed by atoms with Gasteiger partial charge in [0, 0.05) is 24.8 Å². The van der Waals surface area contributed by atoms with E-state index in [4.69, 9.17) is 29.0 Å². The van der Waals surface area contributed by atoms with Gasteiger partial charge in [-0.1, -0.05) is 36.4 Å². The number of rotatable bonds is 4. The number of piperidine rings is 1. The molecule has 6 rings (SSSR count). The summed E-state index contributed by atoms with van der Waals surface area (Å²) in [5.74, 6) is 0.372. The summed E-state index contributed by atoms with van der Waals surface area (Å²) >= 11 is 0. The number of allylic oxidation sites excluding steroid dienone is 1. The number of carbonyl (C=O) groups is 1. The molecule has 1 atom stereocenters. The molecule has 1 fully saturated rings. The zero-order chi connectivity index (χ0) is 29.9. The highest BCUT2D eigenvalue weighted by Crippen LogP contribution is 2.38. The van der Waals surface area contributed by atoms with Crippen molar-refractivity contribution in [2.45, 2.75) is 91.3 Å². The van der Waals surface area contributed by atoms with Crippen molar-refractivity contribution in [3.05, 3.63) is 70.6 Å². The molecule has 226 valence electrons. The standard InChI is InChI=1S/C33H44N4O5/c1-7-40-31(38)29(42-32(3,4)5)28-23(2)34-27-20-26-22-39-21-25-13-10-12-24(19-25)11-8-9-18-41-33(6)14-16-36(17-15-33)30(28)37(27)35-26/h8-10,12-13,19-20,29H,7,11,14-18,21-22H2,1-6H3/b9-8+/t29-/m0/s1. The van der Waals surface area contributed by atoms with Crippen LogP contribution in [0.4, 0.5) is 5.82 Å². The third-order valence-corrected chi connectivity index (χ3v) is 7.77. The summed E-state index contributed by atoms with van der Waals surface area (Å²) in [4.78, 5) is 20.6. The highest BCUT2D eigenvalue weighted by molar-refractivity contribution is 5.80. The summed E-state index contributed by atoms with van der Waals surface area (Å²) in [6.45, 7) is 14.8. The van der Waals surface area contributed by atoms with E-state index in [0.29, 0.717) is 36.7 Å². The molecule has 0 spiro atoms. The van der Waals surface area contributed by atoms with E-state index >= 15 is 0 Å². The van der Waals surface area contributed by atoms with Gasteiger partial charge in [0.05, 0.1) is 48.9 Å². The Kier molecular flexibility index (Phi) is 9.01. The quantitative estimate of drug-likeness (QED) is 0.290. The SMILES string of the molecule is CCOC(=O)[C@@H](OC(C)(C)C)c1c(C)nc2cc3nn2c1N1CCC(C)(CC1)OC/C=C/Cc1cccc(c1)COC3. The second-order valence-electron chi connectivity index (χ2n) is 12.4. The summed E-state index contributed by atoms with van der Waals surface area (Å²) in [5, 5.41) is 4.96. The summed E-state index contributed by atoms with van der Waals surface area (Å²) in [5.41, 5.74) is 4.37. The number of nitrogens with zero attached hydrogens (tertiary/aromatic N) is 4. The number of ether oxygens (including phenoxy) is 4. The number of aromatic nitrogens is 3. The molecule has 3 aromatic rings. The Morgan fingerprint density at radius 3 is 2.62 bits per heavy atom. The predicted octanol–water partition coefficient (Wildman–Crippen LogP) is 5.66. The Morgan fingerprint density at radius 2 is 1.88 bits per heavy atom. The van der Waals surface area contributed by atoms with Gasteiger partial charge in [0.1, 0.15) is 5.82 Å². The van der Waals surface area contributed by atoms with Gasteiger partial charge in [-0.05, 0) is 71.9 Å². The largest absolute Gasteiger partial charge is 0.464 e. The molecule has 6 bridgehead atoms. The summed E-state index contributed by atoms with van der Waals surface area (Å²) in [6, 6.07) is 10.4. The molecule has 5 heterocycles. The molecule has 0 unspecified atom stereocenters. The first kappa shape index (κ1) is 30.2. The van der Waals surface area contributed by atoms with Gasteiger partial charge in [-0.2, -0.15) is 9.61 Å². The molecule has 0 aliphatic carbocycles. The molecule has 9 nitrogen and oxygen atoms in total. The molecular weight excluding hydrogens is 532 g/mol. The van der Waals surface area contributed by atoms with Crippen LogP contribution in [0.25, 0.3) is 5.65 Å². The van der Waals surface area contributed by atoms with E-state index in [1.807, 2.05) is 38.3 Å². The van der Waals surface area contributed by atoms with Crippen LogP contribution in [0.1, 0.15) is 81.6 Å². The lowest BCUT2D eigenvalue weighted by atomic mass is 9.92. The molecule has 3 aliphatic rings. The van der Waals surface area contributed by atoms with Crippen LogP contribution in [0.2, 0.25) is 0 Å². The van der Waals surface area contributed by atoms with Crippen LogP contribution in [-0.4, -0.2) is 58.1 Å². The molecule has 3 aliphatic heterocycles. The maximum absolute atomic E-state index is 13.4. The lowest BCUT2D eigenvalue weighted by Gasteiger charge is -2.41. The highest BCUT2D eigenvalue weighted by Gasteiger charge is 2.38. The number of hydrogen-bond acceptors (Lipinski definition) is 8. The Labute approximate surface area is 248 Å². The minimum Gasteiger partial charge on any atom is -0.464 e. The highest BCUT2D eigenvalue weighted by atomic mass is 16.6. The van der Waals surface area contributed by atoms with E-state index in [1.54, 1.807) is 6.92 Å². The zero-order valence-corrected chi connectivity index (χ0v) is 25.8. The van der Waals surface area contributed by atoms with Crippen LogP contribution in [0.15, 0.2) is 42.5 Å². The van der Waals surface area contributed by atoms with Gasteiger partial charge < -0.3 is 23.8 Å². The molecule has 9 heteroatoms. The third kappa shape index (κ3) is 7.02. The molecular formula is C33H44N4O5. The fourth-order valence-corrected chi connectivity index (χ4v) is 5.63. The summed E-state index contributed by atoms with van der Waals surface area (Å²) < 4.78 is 26.3. The van der Waals surface area contributed by atoms with E-state index in [-0.39, 0.29) is 12.2 Å². The minimum absolute atomic E-state index is 0.253. The van der Waals surface area contributed by atoms with Crippen molar-refractivity contribution < 1.29 is 23.7 Å². The molecule has 1 saturated heterocycles. The average Bonchev–Trinajstić information content (AvgIpc) is 3.33. The smallest absolute Gasteiger partial charge is 0.340 e. The van der Waals surface area contributed by atoms with Crippen LogP contribution in [0, 0.1) is 6.92 Å². The first-order valence-corrected chi connectivity index (χ1v) is 15.0. The Bertz CT molecular complexity index is 1430. The number of esters is 1. The predicted molar refractivity (Wildman–Crippen MR) is 162 cm³/mol. The number of fused-ring (bicyclic) bond motifs is 7. The van der Waals surface area contributed by atoms with Gasteiger partial charge >= 0.3 is 5.97 Å². The molecule has 1 aromatic carbocycles. The molecule has 0 saturated carbocycles. The van der Waals surface area contributed by atoms with Crippen LogP contribution in [0.3, 0.4) is 0 Å². The van der Waals surface area contributed by atoms with Crippen molar-refractivity contribution in [1.82, 2.24) is 14.6 Å². The van der Waals surface area contributed by atoms with Crippen molar-refractivity contribution in [2.75, 3.05) is 31.2 Å². The van der Waals surface area contributed by atoms with Crippen molar-refractivity contribution in [1.29, 1.82) is 0 Å². The van der Waals surface area contributed by atoms with Gasteiger partial charge in [0.25, 0.3) is 0 Å². The Balaban J connectivity index is 1.59. The molecule has 2 aromatic heterocycles. The first-order chi connectivity index (χ1) is 20.0. The summed E-state index contributed by atoms with van der Waals surface area (Å²) in [6.07, 6.45) is 5.83. The second-order valence-corrected chi connectivity index (χ2v) is 12.4. The fraction of sp³-hybridized carbons (Fsp3) is 0.545. The molecule has 0 amide bonds. The van der Waals surface area contributed by atoms with Gasteiger partial charge in [-0.15, -0.1) is 0 Å². The van der Waals surface area contributed by atoms with Crippen LogP contribution < -0.4 is 4.90 Å². The van der Waals surface area contributed by atoms with Gasteiger partial charge in [0.2, 0.25) is 0 Å². The molecule has 0 N–H and O–H groups in total. The monoisotopic (exact) mass is 576 g/mol. The maximum Gasteiger partial charge on any atom is 0.340 e. The zero-order valence-electron chi connectivity index (χ0n) is 25.8. The average molecular weight is 577 g/mol. The first-order valence-electron chi connectivity index (χ1n) is 15.0. The van der Waals surface area contributed by atoms with Crippen molar-refractivity contribution in [3.63, 3.8) is 0 Å². The van der Waals surface area contributed by atoms with Crippen molar-refractivity contribution in [3.8, 4) is 0 Å². The van der Waals surface area contributed by atoms with E-state index in [9.17, 15) is 4.79 Å². The number of anilines is 1. The van der Waals surface area contributed by atoms with E-state index < -0.39 is 17.7 Å². The normalized spacial score (nSPS) is 19.2. The van der Waals surface area contributed by atoms with Crippen LogP contribution >= 0.6 is 0 Å². The molecule has 42 heavy (non-hydrogen) atoms. The summed E-state index contributed by atoms with van der Waals surface area (Å²) in [7, 11) is 0. The van der Waals surface area contributed by atoms with Crippen LogP contribution in [0.5, 0.6) is 0 Å².